The fourth-order valence-corrected chi connectivity index (χ4v) is 3.78. The Morgan fingerprint density at radius 2 is 2.33 bits per heavy atom. The van der Waals surface area contributed by atoms with Gasteiger partial charge in [-0.05, 0) is 45.1 Å². The zero-order valence-electron chi connectivity index (χ0n) is 13.0. The topological polar surface area (TPSA) is 67.0 Å². The van der Waals surface area contributed by atoms with E-state index in [0.29, 0.717) is 19.1 Å². The van der Waals surface area contributed by atoms with Crippen LogP contribution in [0, 0.1) is 5.92 Å². The summed E-state index contributed by atoms with van der Waals surface area (Å²) in [6.07, 6.45) is 5.00. The van der Waals surface area contributed by atoms with Crippen molar-refractivity contribution in [1.82, 2.24) is 15.3 Å². The molecule has 1 aromatic rings. The number of hydrogen-bond donors (Lipinski definition) is 2. The summed E-state index contributed by atoms with van der Waals surface area (Å²) in [5.74, 6) is 1.34. The van der Waals surface area contributed by atoms with Gasteiger partial charge in [-0.25, -0.2) is 4.98 Å². The largest absolute Gasteiger partial charge is 0.367 e. The average molecular weight is 291 g/mol. The van der Waals surface area contributed by atoms with Crippen LogP contribution in [0.4, 0.5) is 0 Å². The molecule has 2 atom stereocenters. The standard InChI is InChI=1S/C16H25N3O2/c1-3-21-16(7-4-5-11(2)9-16)15-18-13-10-17-8-6-12(13)14(20)19-15/h11,17H,3-10H2,1-2H3,(H,18,19,20). The maximum absolute atomic E-state index is 12.4. The van der Waals surface area contributed by atoms with Gasteiger partial charge in [0.15, 0.2) is 0 Å². The van der Waals surface area contributed by atoms with Gasteiger partial charge in [0.05, 0.1) is 5.69 Å². The van der Waals surface area contributed by atoms with Crippen molar-refractivity contribution in [3.63, 3.8) is 0 Å². The van der Waals surface area contributed by atoms with E-state index in [4.69, 9.17) is 9.72 Å². The Kier molecular flexibility index (Phi) is 4.13. The molecule has 21 heavy (non-hydrogen) atoms. The molecule has 1 aliphatic carbocycles. The highest BCUT2D eigenvalue weighted by atomic mass is 16.5. The summed E-state index contributed by atoms with van der Waals surface area (Å²) in [6, 6.07) is 0. The van der Waals surface area contributed by atoms with Gasteiger partial charge in [0.1, 0.15) is 11.4 Å². The van der Waals surface area contributed by atoms with Crippen molar-refractivity contribution in [2.45, 2.75) is 58.1 Å². The minimum Gasteiger partial charge on any atom is -0.367 e. The first-order valence-electron chi connectivity index (χ1n) is 8.12. The molecule has 1 fully saturated rings. The number of ether oxygens (including phenoxy) is 1. The van der Waals surface area contributed by atoms with Crippen LogP contribution in [0.25, 0.3) is 0 Å². The molecule has 0 saturated heterocycles. The molecule has 2 aliphatic rings. The van der Waals surface area contributed by atoms with Crippen LogP contribution in [0.1, 0.15) is 56.6 Å². The lowest BCUT2D eigenvalue weighted by atomic mass is 9.78. The zero-order chi connectivity index (χ0) is 14.9. The smallest absolute Gasteiger partial charge is 0.254 e. The second kappa shape index (κ2) is 5.89. The molecular weight excluding hydrogens is 266 g/mol. The normalized spacial score (nSPS) is 29.1. The van der Waals surface area contributed by atoms with E-state index in [2.05, 4.69) is 17.2 Å². The number of rotatable bonds is 3. The van der Waals surface area contributed by atoms with Crippen molar-refractivity contribution in [3.8, 4) is 0 Å². The van der Waals surface area contributed by atoms with E-state index in [9.17, 15) is 4.79 Å². The van der Waals surface area contributed by atoms with E-state index < -0.39 is 5.60 Å². The van der Waals surface area contributed by atoms with E-state index in [1.54, 1.807) is 0 Å². The average Bonchev–Trinajstić information content (AvgIpc) is 2.47. The quantitative estimate of drug-likeness (QED) is 0.892. The molecule has 0 radical (unpaired) electrons. The highest BCUT2D eigenvalue weighted by Gasteiger charge is 2.40. The first kappa shape index (κ1) is 14.7. The fourth-order valence-electron chi connectivity index (χ4n) is 3.78. The number of nitrogens with one attached hydrogen (secondary N) is 2. The van der Waals surface area contributed by atoms with Gasteiger partial charge in [-0.3, -0.25) is 4.79 Å². The van der Waals surface area contributed by atoms with Gasteiger partial charge in [0.2, 0.25) is 0 Å². The Balaban J connectivity index is 2.03. The van der Waals surface area contributed by atoms with Gasteiger partial charge in [-0.1, -0.05) is 13.3 Å². The molecular formula is C16H25N3O2. The third-order valence-corrected chi connectivity index (χ3v) is 4.75. The Bertz CT molecular complexity index is 565. The molecule has 1 aromatic heterocycles. The SMILES string of the molecule is CCOC1(c2nc3c(c(=O)[nH]2)CCNC3)CCCC(C)C1. The molecule has 0 aromatic carbocycles. The number of aromatic amines is 1. The lowest BCUT2D eigenvalue weighted by Crippen LogP contribution is -2.41. The van der Waals surface area contributed by atoms with Crippen molar-refractivity contribution in [2.24, 2.45) is 5.92 Å². The van der Waals surface area contributed by atoms with Gasteiger partial charge >= 0.3 is 0 Å². The molecule has 2 N–H and O–H groups in total. The minimum absolute atomic E-state index is 0.0220. The van der Waals surface area contributed by atoms with Crippen molar-refractivity contribution >= 4 is 0 Å². The van der Waals surface area contributed by atoms with E-state index in [1.165, 1.54) is 6.42 Å². The van der Waals surface area contributed by atoms with Gasteiger partial charge in [-0.15, -0.1) is 0 Å². The second-order valence-electron chi connectivity index (χ2n) is 6.40. The Hall–Kier alpha value is -1.20. The second-order valence-corrected chi connectivity index (χ2v) is 6.40. The van der Waals surface area contributed by atoms with Gasteiger partial charge in [0, 0.05) is 18.7 Å². The van der Waals surface area contributed by atoms with Crippen LogP contribution >= 0.6 is 0 Å². The van der Waals surface area contributed by atoms with Crippen LogP contribution in [0.2, 0.25) is 0 Å². The van der Waals surface area contributed by atoms with E-state index in [1.807, 2.05) is 6.92 Å². The molecule has 1 aliphatic heterocycles. The van der Waals surface area contributed by atoms with Crippen molar-refractivity contribution in [1.29, 1.82) is 0 Å². The molecule has 0 amide bonds. The lowest BCUT2D eigenvalue weighted by molar-refractivity contribution is -0.0884. The van der Waals surface area contributed by atoms with Crippen LogP contribution in [-0.2, 0) is 23.3 Å². The molecule has 1 saturated carbocycles. The van der Waals surface area contributed by atoms with Gasteiger partial charge < -0.3 is 15.0 Å². The zero-order valence-corrected chi connectivity index (χ0v) is 13.0. The fraction of sp³-hybridized carbons (Fsp3) is 0.750. The van der Waals surface area contributed by atoms with Crippen LogP contribution in [0.15, 0.2) is 4.79 Å². The minimum atomic E-state index is -0.405. The molecule has 0 bridgehead atoms. The number of nitrogens with zero attached hydrogens (tertiary/aromatic N) is 1. The summed E-state index contributed by atoms with van der Waals surface area (Å²) in [5, 5.41) is 3.30. The van der Waals surface area contributed by atoms with Crippen LogP contribution in [0.3, 0.4) is 0 Å². The van der Waals surface area contributed by atoms with Crippen LogP contribution < -0.4 is 10.9 Å². The third-order valence-electron chi connectivity index (χ3n) is 4.75. The maximum atomic E-state index is 12.4. The monoisotopic (exact) mass is 291 g/mol. The predicted octanol–water partition coefficient (Wildman–Crippen LogP) is 1.86. The number of aromatic nitrogens is 2. The summed E-state index contributed by atoms with van der Waals surface area (Å²) in [5.41, 5.74) is 1.36. The van der Waals surface area contributed by atoms with Crippen molar-refractivity contribution in [2.75, 3.05) is 13.2 Å². The molecule has 0 spiro atoms. The molecule has 5 nitrogen and oxygen atoms in total. The first-order chi connectivity index (χ1) is 10.1. The Labute approximate surface area is 125 Å². The summed E-state index contributed by atoms with van der Waals surface area (Å²) in [7, 11) is 0. The molecule has 2 unspecified atom stereocenters. The van der Waals surface area contributed by atoms with Crippen LogP contribution in [-0.4, -0.2) is 23.1 Å². The maximum Gasteiger partial charge on any atom is 0.254 e. The molecule has 2 heterocycles. The van der Waals surface area contributed by atoms with Gasteiger partial charge in [-0.2, -0.15) is 0 Å². The number of fused-ring (bicyclic) bond motifs is 1. The molecule has 5 heteroatoms. The predicted molar refractivity (Wildman–Crippen MR) is 81.2 cm³/mol. The number of hydrogen-bond acceptors (Lipinski definition) is 4. The summed E-state index contributed by atoms with van der Waals surface area (Å²) >= 11 is 0. The Morgan fingerprint density at radius 1 is 1.48 bits per heavy atom. The highest BCUT2D eigenvalue weighted by molar-refractivity contribution is 5.22. The van der Waals surface area contributed by atoms with E-state index in [-0.39, 0.29) is 5.56 Å². The summed E-state index contributed by atoms with van der Waals surface area (Å²) in [6.45, 7) is 6.45. The molecule has 3 rings (SSSR count). The van der Waals surface area contributed by atoms with E-state index in [0.717, 1.165) is 49.3 Å². The lowest BCUT2D eigenvalue weighted by Gasteiger charge is -2.39. The number of H-pyrrole nitrogens is 1. The highest BCUT2D eigenvalue weighted by Crippen LogP contribution is 2.41. The van der Waals surface area contributed by atoms with Gasteiger partial charge in [0.25, 0.3) is 5.56 Å². The summed E-state index contributed by atoms with van der Waals surface area (Å²) < 4.78 is 6.12. The first-order valence-corrected chi connectivity index (χ1v) is 8.12. The Morgan fingerprint density at radius 3 is 3.10 bits per heavy atom. The third kappa shape index (κ3) is 2.77. The van der Waals surface area contributed by atoms with Crippen molar-refractivity contribution < 1.29 is 4.74 Å². The molecule has 116 valence electrons. The van der Waals surface area contributed by atoms with Crippen LogP contribution in [0.5, 0.6) is 0 Å². The van der Waals surface area contributed by atoms with Crippen molar-refractivity contribution in [3.05, 3.63) is 27.4 Å². The van der Waals surface area contributed by atoms with E-state index >= 15 is 0 Å². The summed E-state index contributed by atoms with van der Waals surface area (Å²) in [4.78, 5) is 20.2.